The molecule has 1 aliphatic heterocycles. The van der Waals surface area contributed by atoms with E-state index in [1.807, 2.05) is 23.1 Å². The van der Waals surface area contributed by atoms with E-state index in [0.29, 0.717) is 24.7 Å². The van der Waals surface area contributed by atoms with E-state index in [2.05, 4.69) is 11.2 Å². The highest BCUT2D eigenvalue weighted by Crippen LogP contribution is 2.30. The Balaban J connectivity index is 1.63. The molecule has 1 heterocycles. The van der Waals surface area contributed by atoms with Gasteiger partial charge in [-0.3, -0.25) is 9.59 Å². The van der Waals surface area contributed by atoms with Crippen molar-refractivity contribution >= 4 is 17.5 Å². The van der Waals surface area contributed by atoms with E-state index in [-0.39, 0.29) is 17.7 Å². The number of nitrogens with one attached hydrogen (secondary N) is 1. The summed E-state index contributed by atoms with van der Waals surface area (Å²) in [6, 6.07) is 7.55. The van der Waals surface area contributed by atoms with Gasteiger partial charge in [0.15, 0.2) is 0 Å². The van der Waals surface area contributed by atoms with Crippen molar-refractivity contribution in [2.75, 3.05) is 11.9 Å². The molecule has 2 amide bonds. The monoisotopic (exact) mass is 296 g/mol. The maximum atomic E-state index is 12.4. The quantitative estimate of drug-likeness (QED) is 0.871. The number of carbonyl (C=O) groups is 2. The van der Waals surface area contributed by atoms with Crippen LogP contribution in [0.25, 0.3) is 0 Å². The fourth-order valence-electron chi connectivity index (χ4n) is 3.41. The summed E-state index contributed by atoms with van der Waals surface area (Å²) in [4.78, 5) is 26.4. The van der Waals surface area contributed by atoms with Crippen LogP contribution in [0.1, 0.15) is 37.7 Å². The van der Waals surface area contributed by atoms with Crippen molar-refractivity contribution in [3.8, 4) is 12.3 Å². The van der Waals surface area contributed by atoms with Crippen molar-refractivity contribution in [1.29, 1.82) is 0 Å². The molecule has 4 nitrogen and oxygen atoms in total. The summed E-state index contributed by atoms with van der Waals surface area (Å²) in [5, 5.41) is 2.88. The van der Waals surface area contributed by atoms with Gasteiger partial charge in [0.05, 0.1) is 5.92 Å². The molecule has 1 aromatic carbocycles. The summed E-state index contributed by atoms with van der Waals surface area (Å²) in [6.45, 7) is 0.546. The van der Waals surface area contributed by atoms with E-state index in [1.54, 1.807) is 6.07 Å². The molecule has 22 heavy (non-hydrogen) atoms. The van der Waals surface area contributed by atoms with E-state index < -0.39 is 0 Å². The van der Waals surface area contributed by atoms with Gasteiger partial charge in [-0.15, -0.1) is 6.42 Å². The van der Waals surface area contributed by atoms with Gasteiger partial charge in [0, 0.05) is 30.3 Å². The van der Waals surface area contributed by atoms with Gasteiger partial charge >= 0.3 is 0 Å². The number of hydrogen-bond donors (Lipinski definition) is 1. The van der Waals surface area contributed by atoms with Crippen LogP contribution in [0, 0.1) is 18.3 Å². The maximum Gasteiger partial charge on any atom is 0.229 e. The van der Waals surface area contributed by atoms with Crippen LogP contribution in [0.4, 0.5) is 5.69 Å². The average molecular weight is 296 g/mol. The van der Waals surface area contributed by atoms with Crippen LogP contribution < -0.4 is 5.32 Å². The minimum Gasteiger partial charge on any atom is -0.339 e. The SMILES string of the molecule is C#Cc1cccc(NC(=O)C2CC(=O)N(C3CCCC3)C2)c1. The number of likely N-dealkylation sites (tertiary alicyclic amines) is 1. The lowest BCUT2D eigenvalue weighted by atomic mass is 10.1. The Labute approximate surface area is 130 Å². The van der Waals surface area contributed by atoms with Gasteiger partial charge in [-0.2, -0.15) is 0 Å². The highest BCUT2D eigenvalue weighted by Gasteiger charge is 2.38. The minimum atomic E-state index is -0.261. The lowest BCUT2D eigenvalue weighted by molar-refractivity contribution is -0.129. The molecular formula is C18H20N2O2. The van der Waals surface area contributed by atoms with Crippen LogP contribution in [-0.4, -0.2) is 29.3 Å². The predicted octanol–water partition coefficient (Wildman–Crippen LogP) is 2.40. The summed E-state index contributed by atoms with van der Waals surface area (Å²) < 4.78 is 0. The van der Waals surface area contributed by atoms with Crippen LogP contribution in [0.3, 0.4) is 0 Å². The van der Waals surface area contributed by atoms with Gasteiger partial charge in [0.1, 0.15) is 0 Å². The second-order valence-electron chi connectivity index (χ2n) is 6.10. The van der Waals surface area contributed by atoms with Crippen LogP contribution >= 0.6 is 0 Å². The first-order valence-corrected chi connectivity index (χ1v) is 7.84. The van der Waals surface area contributed by atoms with E-state index in [9.17, 15) is 9.59 Å². The van der Waals surface area contributed by atoms with E-state index in [1.165, 1.54) is 12.8 Å². The third-order valence-corrected chi connectivity index (χ3v) is 4.59. The van der Waals surface area contributed by atoms with Gasteiger partial charge < -0.3 is 10.2 Å². The second kappa shape index (κ2) is 6.23. The second-order valence-corrected chi connectivity index (χ2v) is 6.10. The normalized spacial score (nSPS) is 21.9. The molecule has 0 radical (unpaired) electrons. The number of anilines is 1. The first-order chi connectivity index (χ1) is 10.7. The van der Waals surface area contributed by atoms with Crippen molar-refractivity contribution < 1.29 is 9.59 Å². The molecule has 0 spiro atoms. The summed E-state index contributed by atoms with van der Waals surface area (Å²) in [5.41, 5.74) is 1.42. The minimum absolute atomic E-state index is 0.0944. The highest BCUT2D eigenvalue weighted by atomic mass is 16.2. The van der Waals surface area contributed by atoms with Crippen molar-refractivity contribution in [2.24, 2.45) is 5.92 Å². The molecule has 1 atom stereocenters. The molecule has 2 aliphatic rings. The van der Waals surface area contributed by atoms with Gasteiger partial charge in [-0.1, -0.05) is 24.8 Å². The van der Waals surface area contributed by atoms with Gasteiger partial charge in [0.25, 0.3) is 0 Å². The average Bonchev–Trinajstić information content (AvgIpc) is 3.16. The number of carbonyl (C=O) groups excluding carboxylic acids is 2. The van der Waals surface area contributed by atoms with Crippen LogP contribution in [-0.2, 0) is 9.59 Å². The molecule has 1 aromatic rings. The zero-order valence-electron chi connectivity index (χ0n) is 12.5. The van der Waals surface area contributed by atoms with Gasteiger partial charge in [0.2, 0.25) is 11.8 Å². The lowest BCUT2D eigenvalue weighted by Crippen LogP contribution is -2.35. The Morgan fingerprint density at radius 3 is 2.82 bits per heavy atom. The highest BCUT2D eigenvalue weighted by molar-refractivity contribution is 5.97. The van der Waals surface area contributed by atoms with E-state index in [4.69, 9.17) is 6.42 Å². The smallest absolute Gasteiger partial charge is 0.229 e. The van der Waals surface area contributed by atoms with Gasteiger partial charge in [-0.25, -0.2) is 0 Å². The standard InChI is InChI=1S/C18H20N2O2/c1-2-13-6-5-7-15(10-13)19-18(22)14-11-17(21)20(12-14)16-8-3-4-9-16/h1,5-7,10,14,16H,3-4,8-9,11-12H2,(H,19,22). The molecule has 3 rings (SSSR count). The number of hydrogen-bond acceptors (Lipinski definition) is 2. The molecule has 0 aromatic heterocycles. The first kappa shape index (κ1) is 14.6. The predicted molar refractivity (Wildman–Crippen MR) is 85.1 cm³/mol. The molecule has 0 bridgehead atoms. The number of rotatable bonds is 3. The summed E-state index contributed by atoms with van der Waals surface area (Å²) in [5.74, 6) is 2.31. The van der Waals surface area contributed by atoms with Crippen LogP contribution in [0.15, 0.2) is 24.3 Å². The molecular weight excluding hydrogens is 276 g/mol. The number of terminal acetylenes is 1. The Hall–Kier alpha value is -2.28. The third kappa shape index (κ3) is 2.99. The summed E-state index contributed by atoms with van der Waals surface area (Å²) in [6.07, 6.45) is 10.2. The van der Waals surface area contributed by atoms with Crippen molar-refractivity contribution in [1.82, 2.24) is 4.90 Å². The van der Waals surface area contributed by atoms with E-state index >= 15 is 0 Å². The molecule has 1 N–H and O–H groups in total. The molecule has 4 heteroatoms. The molecule has 2 fully saturated rings. The Morgan fingerprint density at radius 1 is 1.32 bits per heavy atom. The van der Waals surface area contributed by atoms with Crippen molar-refractivity contribution in [2.45, 2.75) is 38.1 Å². The maximum absolute atomic E-state index is 12.4. The Kier molecular flexibility index (Phi) is 4.15. The topological polar surface area (TPSA) is 49.4 Å². The zero-order valence-corrected chi connectivity index (χ0v) is 12.5. The summed E-state index contributed by atoms with van der Waals surface area (Å²) >= 11 is 0. The largest absolute Gasteiger partial charge is 0.339 e. The zero-order chi connectivity index (χ0) is 15.5. The third-order valence-electron chi connectivity index (χ3n) is 4.59. The molecule has 1 aliphatic carbocycles. The number of amides is 2. The Bertz CT molecular complexity index is 626. The lowest BCUT2D eigenvalue weighted by Gasteiger charge is -2.23. The fraction of sp³-hybridized carbons (Fsp3) is 0.444. The Morgan fingerprint density at radius 2 is 2.09 bits per heavy atom. The van der Waals surface area contributed by atoms with Crippen molar-refractivity contribution in [3.63, 3.8) is 0 Å². The molecule has 1 saturated heterocycles. The molecule has 114 valence electrons. The first-order valence-electron chi connectivity index (χ1n) is 7.84. The fourth-order valence-corrected chi connectivity index (χ4v) is 3.41. The molecule has 1 unspecified atom stereocenters. The van der Waals surface area contributed by atoms with E-state index in [0.717, 1.165) is 18.4 Å². The van der Waals surface area contributed by atoms with Gasteiger partial charge in [-0.05, 0) is 31.0 Å². The van der Waals surface area contributed by atoms with Crippen molar-refractivity contribution in [3.05, 3.63) is 29.8 Å². The summed E-state index contributed by atoms with van der Waals surface area (Å²) in [7, 11) is 0. The number of nitrogens with zero attached hydrogens (tertiary/aromatic N) is 1. The van der Waals surface area contributed by atoms with Crippen LogP contribution in [0.2, 0.25) is 0 Å². The van der Waals surface area contributed by atoms with Crippen LogP contribution in [0.5, 0.6) is 0 Å². The number of benzene rings is 1. The molecule has 1 saturated carbocycles.